The van der Waals surface area contributed by atoms with E-state index in [4.69, 9.17) is 5.73 Å². The zero-order valence-electron chi connectivity index (χ0n) is 13.8. The number of nitrogens with two attached hydrogens (primary N) is 1. The Kier molecular flexibility index (Phi) is 6.79. The molecule has 0 aliphatic carbocycles. The first kappa shape index (κ1) is 19.2. The summed E-state index contributed by atoms with van der Waals surface area (Å²) >= 11 is 0. The molecule has 126 valence electrons. The third-order valence-electron chi connectivity index (χ3n) is 4.18. The Morgan fingerprint density at radius 2 is 2.00 bits per heavy atom. The zero-order valence-corrected chi connectivity index (χ0v) is 14.6. The first-order valence-electron chi connectivity index (χ1n) is 7.53. The lowest BCUT2D eigenvalue weighted by molar-refractivity contribution is 0.0883. The largest absolute Gasteiger partial charge is 0.345 e. The number of hydrogen-bond donors (Lipinski definition) is 2. The molecule has 5 nitrogen and oxygen atoms in total. The van der Waals surface area contributed by atoms with Crippen LogP contribution in [0.2, 0.25) is 0 Å². The number of amides is 1. The van der Waals surface area contributed by atoms with Gasteiger partial charge in [-0.25, -0.2) is 0 Å². The van der Waals surface area contributed by atoms with Gasteiger partial charge in [0.2, 0.25) is 0 Å². The molecular weight excluding hydrogens is 312 g/mol. The van der Waals surface area contributed by atoms with Crippen molar-refractivity contribution in [3.05, 3.63) is 53.9 Å². The number of aromatic nitrogens is 2. The first-order valence-corrected chi connectivity index (χ1v) is 7.53. The van der Waals surface area contributed by atoms with Crippen molar-refractivity contribution < 1.29 is 4.79 Å². The van der Waals surface area contributed by atoms with Crippen molar-refractivity contribution in [2.75, 3.05) is 6.54 Å². The van der Waals surface area contributed by atoms with Gasteiger partial charge in [-0.1, -0.05) is 44.2 Å². The molecule has 1 unspecified atom stereocenters. The highest BCUT2D eigenvalue weighted by Crippen LogP contribution is 2.15. The van der Waals surface area contributed by atoms with Gasteiger partial charge < -0.3 is 11.1 Å². The van der Waals surface area contributed by atoms with Gasteiger partial charge in [-0.05, 0) is 18.4 Å². The number of rotatable bonds is 6. The number of hydrogen-bond acceptors (Lipinski definition) is 3. The van der Waals surface area contributed by atoms with Crippen LogP contribution in [0.5, 0.6) is 0 Å². The van der Waals surface area contributed by atoms with E-state index in [1.165, 1.54) is 0 Å². The second kappa shape index (κ2) is 8.13. The van der Waals surface area contributed by atoms with E-state index in [1.54, 1.807) is 17.1 Å². The fraction of sp³-hybridized carbons (Fsp3) is 0.412. The maximum Gasteiger partial charge on any atom is 0.254 e. The van der Waals surface area contributed by atoms with E-state index >= 15 is 0 Å². The summed E-state index contributed by atoms with van der Waals surface area (Å²) in [5.41, 5.74) is 7.09. The number of carbonyl (C=O) groups excluding carboxylic acids is 1. The summed E-state index contributed by atoms with van der Waals surface area (Å²) in [5, 5.41) is 7.28. The van der Waals surface area contributed by atoms with E-state index in [-0.39, 0.29) is 24.2 Å². The van der Waals surface area contributed by atoms with Crippen LogP contribution in [0.15, 0.2) is 42.7 Å². The molecule has 0 spiro atoms. The Balaban J connectivity index is 0.00000264. The van der Waals surface area contributed by atoms with Gasteiger partial charge in [0.15, 0.2) is 0 Å². The monoisotopic (exact) mass is 336 g/mol. The minimum atomic E-state index is -0.418. The second-order valence-electron chi connectivity index (χ2n) is 6.14. The molecular formula is C17H25ClN4O. The standard InChI is InChI=1S/C17H24N4O.ClH/c1-13(2)17(3,12-18)20-16(22)15-9-19-21(11-15)10-14-7-5-4-6-8-14;/h4-9,11,13H,10,12,18H2,1-3H3,(H,20,22);1H. The maximum absolute atomic E-state index is 12.4. The molecule has 2 rings (SSSR count). The quantitative estimate of drug-likeness (QED) is 0.851. The van der Waals surface area contributed by atoms with Crippen LogP contribution in [-0.2, 0) is 6.54 Å². The first-order chi connectivity index (χ1) is 10.4. The summed E-state index contributed by atoms with van der Waals surface area (Å²) in [6.07, 6.45) is 3.36. The Hall–Kier alpha value is -1.85. The van der Waals surface area contributed by atoms with Gasteiger partial charge in [0, 0.05) is 12.7 Å². The van der Waals surface area contributed by atoms with Crippen molar-refractivity contribution in [2.24, 2.45) is 11.7 Å². The Labute approximate surface area is 143 Å². The molecule has 0 aliphatic rings. The van der Waals surface area contributed by atoms with Crippen LogP contribution >= 0.6 is 12.4 Å². The molecule has 0 saturated carbocycles. The molecule has 1 heterocycles. The summed E-state index contributed by atoms with van der Waals surface area (Å²) < 4.78 is 1.76. The molecule has 3 N–H and O–H groups in total. The van der Waals surface area contributed by atoms with Gasteiger partial charge in [-0.2, -0.15) is 5.10 Å². The van der Waals surface area contributed by atoms with E-state index in [2.05, 4.69) is 10.4 Å². The molecule has 2 aromatic rings. The molecule has 1 aromatic heterocycles. The van der Waals surface area contributed by atoms with E-state index in [0.29, 0.717) is 18.7 Å². The van der Waals surface area contributed by atoms with Crippen LogP contribution < -0.4 is 11.1 Å². The van der Waals surface area contributed by atoms with Crippen LogP contribution in [-0.4, -0.2) is 27.8 Å². The van der Waals surface area contributed by atoms with E-state index < -0.39 is 5.54 Å². The Bertz CT molecular complexity index is 627. The third kappa shape index (κ3) is 4.81. The highest BCUT2D eigenvalue weighted by Gasteiger charge is 2.29. The molecule has 1 atom stereocenters. The maximum atomic E-state index is 12.4. The van der Waals surface area contributed by atoms with Gasteiger partial charge in [0.1, 0.15) is 0 Å². The highest BCUT2D eigenvalue weighted by atomic mass is 35.5. The van der Waals surface area contributed by atoms with Crippen LogP contribution in [0.25, 0.3) is 0 Å². The number of halogens is 1. The van der Waals surface area contributed by atoms with Crippen molar-refractivity contribution in [1.29, 1.82) is 0 Å². The van der Waals surface area contributed by atoms with Crippen LogP contribution in [0.4, 0.5) is 0 Å². The van der Waals surface area contributed by atoms with Crippen LogP contribution in [0.1, 0.15) is 36.7 Å². The van der Waals surface area contributed by atoms with Crippen molar-refractivity contribution in [2.45, 2.75) is 32.9 Å². The zero-order chi connectivity index (χ0) is 16.2. The SMILES string of the molecule is CC(C)C(C)(CN)NC(=O)c1cnn(Cc2ccccc2)c1.Cl. The van der Waals surface area contributed by atoms with Crippen LogP contribution in [0.3, 0.4) is 0 Å². The molecule has 1 aromatic carbocycles. The lowest BCUT2D eigenvalue weighted by Gasteiger charge is -2.33. The summed E-state index contributed by atoms with van der Waals surface area (Å²) in [6, 6.07) is 10.0. The van der Waals surface area contributed by atoms with Gasteiger partial charge in [0.25, 0.3) is 5.91 Å². The Morgan fingerprint density at radius 1 is 1.35 bits per heavy atom. The third-order valence-corrected chi connectivity index (χ3v) is 4.18. The van der Waals surface area contributed by atoms with Gasteiger partial charge in [0.05, 0.1) is 23.8 Å². The summed E-state index contributed by atoms with van der Waals surface area (Å²) in [6.45, 7) is 7.10. The molecule has 0 radical (unpaired) electrons. The normalized spacial score (nSPS) is 13.3. The summed E-state index contributed by atoms with van der Waals surface area (Å²) in [7, 11) is 0. The number of nitrogens with one attached hydrogen (secondary N) is 1. The minimum Gasteiger partial charge on any atom is -0.345 e. The van der Waals surface area contributed by atoms with Crippen molar-refractivity contribution in [3.8, 4) is 0 Å². The second-order valence-corrected chi connectivity index (χ2v) is 6.14. The van der Waals surface area contributed by atoms with Crippen molar-refractivity contribution in [3.63, 3.8) is 0 Å². The van der Waals surface area contributed by atoms with Crippen molar-refractivity contribution >= 4 is 18.3 Å². The van der Waals surface area contributed by atoms with E-state index in [1.807, 2.05) is 51.1 Å². The lowest BCUT2D eigenvalue weighted by atomic mass is 9.88. The topological polar surface area (TPSA) is 72.9 Å². The molecule has 0 aliphatic heterocycles. The van der Waals surface area contributed by atoms with Crippen LogP contribution in [0, 0.1) is 5.92 Å². The predicted molar refractivity (Wildman–Crippen MR) is 94.8 cm³/mol. The summed E-state index contributed by atoms with van der Waals surface area (Å²) in [4.78, 5) is 12.4. The van der Waals surface area contributed by atoms with Gasteiger partial charge in [-0.15, -0.1) is 12.4 Å². The average molecular weight is 337 g/mol. The fourth-order valence-corrected chi connectivity index (χ4v) is 2.10. The summed E-state index contributed by atoms with van der Waals surface area (Å²) in [5.74, 6) is 0.113. The van der Waals surface area contributed by atoms with E-state index in [9.17, 15) is 4.79 Å². The van der Waals surface area contributed by atoms with Gasteiger partial charge >= 0.3 is 0 Å². The predicted octanol–water partition coefficient (Wildman–Crippen LogP) is 2.46. The van der Waals surface area contributed by atoms with E-state index in [0.717, 1.165) is 5.56 Å². The minimum absolute atomic E-state index is 0. The number of nitrogens with zero attached hydrogens (tertiary/aromatic N) is 2. The highest BCUT2D eigenvalue weighted by molar-refractivity contribution is 5.94. The molecule has 0 bridgehead atoms. The molecule has 0 saturated heterocycles. The van der Waals surface area contributed by atoms with Gasteiger partial charge in [-0.3, -0.25) is 9.48 Å². The van der Waals surface area contributed by atoms with Crippen molar-refractivity contribution in [1.82, 2.24) is 15.1 Å². The average Bonchev–Trinajstić information content (AvgIpc) is 2.96. The Morgan fingerprint density at radius 3 is 2.57 bits per heavy atom. The smallest absolute Gasteiger partial charge is 0.254 e. The lowest BCUT2D eigenvalue weighted by Crippen LogP contribution is -2.54. The molecule has 1 amide bonds. The molecule has 23 heavy (non-hydrogen) atoms. The molecule has 6 heteroatoms. The number of benzene rings is 1. The fourth-order valence-electron chi connectivity index (χ4n) is 2.10. The molecule has 0 fully saturated rings. The number of carbonyl (C=O) groups is 1.